The van der Waals surface area contributed by atoms with Gasteiger partial charge < -0.3 is 4.42 Å². The van der Waals surface area contributed by atoms with E-state index in [9.17, 15) is 13.2 Å². The number of hydrogen-bond acceptors (Lipinski definition) is 5. The Kier molecular flexibility index (Phi) is 5.24. The van der Waals surface area contributed by atoms with Crippen molar-refractivity contribution in [2.75, 3.05) is 26.2 Å². The summed E-state index contributed by atoms with van der Waals surface area (Å²) in [5.74, 6) is -0.183. The second-order valence-electron chi connectivity index (χ2n) is 8.68. The van der Waals surface area contributed by atoms with Crippen molar-refractivity contribution in [3.63, 3.8) is 0 Å². The third kappa shape index (κ3) is 3.84. The summed E-state index contributed by atoms with van der Waals surface area (Å²) in [6.07, 6.45) is 2.95. The summed E-state index contributed by atoms with van der Waals surface area (Å²) >= 11 is 0. The van der Waals surface area contributed by atoms with E-state index in [2.05, 4.69) is 29.2 Å². The van der Waals surface area contributed by atoms with Gasteiger partial charge in [0.2, 0.25) is 10.0 Å². The number of fused-ring (bicyclic) bond motifs is 2. The van der Waals surface area contributed by atoms with Gasteiger partial charge in [-0.2, -0.15) is 4.31 Å². The van der Waals surface area contributed by atoms with Crippen molar-refractivity contribution in [2.45, 2.75) is 30.7 Å². The van der Waals surface area contributed by atoms with Crippen molar-refractivity contribution in [1.29, 1.82) is 0 Å². The van der Waals surface area contributed by atoms with Crippen LogP contribution in [0.5, 0.6) is 0 Å². The van der Waals surface area contributed by atoms with Crippen LogP contribution in [0.15, 0.2) is 56.6 Å². The molecule has 8 heteroatoms. The van der Waals surface area contributed by atoms with Gasteiger partial charge in [-0.3, -0.25) is 9.47 Å². The molecule has 0 spiro atoms. The van der Waals surface area contributed by atoms with Crippen LogP contribution in [0, 0.1) is 5.92 Å². The summed E-state index contributed by atoms with van der Waals surface area (Å²) in [7, 11) is -2.03. The zero-order valence-corrected chi connectivity index (χ0v) is 18.5. The molecular weight excluding hydrogens is 414 g/mol. The average Bonchev–Trinajstić information content (AvgIpc) is 3.07. The Balaban J connectivity index is 1.31. The van der Waals surface area contributed by atoms with Crippen molar-refractivity contribution in [3.05, 3.63) is 64.1 Å². The molecule has 2 aliphatic rings. The van der Waals surface area contributed by atoms with Gasteiger partial charge in [-0.25, -0.2) is 13.2 Å². The largest absolute Gasteiger partial charge is 0.419 e. The molecule has 1 aromatic heterocycles. The van der Waals surface area contributed by atoms with Crippen molar-refractivity contribution in [1.82, 2.24) is 13.8 Å². The second kappa shape index (κ2) is 7.93. The van der Waals surface area contributed by atoms with Crippen LogP contribution in [0.25, 0.3) is 11.1 Å². The van der Waals surface area contributed by atoms with Gasteiger partial charge in [-0.1, -0.05) is 24.3 Å². The number of oxazole rings is 1. The Hall–Kier alpha value is -2.42. The van der Waals surface area contributed by atoms with Gasteiger partial charge in [-0.05, 0) is 48.4 Å². The minimum absolute atomic E-state index is 0.182. The zero-order valence-electron chi connectivity index (χ0n) is 17.7. The highest BCUT2D eigenvalue weighted by Crippen LogP contribution is 2.27. The molecule has 3 aromatic rings. The Bertz CT molecular complexity index is 1280. The van der Waals surface area contributed by atoms with Crippen molar-refractivity contribution < 1.29 is 12.8 Å². The van der Waals surface area contributed by atoms with E-state index in [0.29, 0.717) is 30.1 Å². The summed E-state index contributed by atoms with van der Waals surface area (Å²) in [5, 5.41) is 0. The summed E-state index contributed by atoms with van der Waals surface area (Å²) in [4.78, 5) is 14.4. The van der Waals surface area contributed by atoms with E-state index >= 15 is 0 Å². The van der Waals surface area contributed by atoms with Crippen LogP contribution in [0.4, 0.5) is 0 Å². The predicted octanol–water partition coefficient (Wildman–Crippen LogP) is 2.59. The molecule has 5 rings (SSSR count). The fraction of sp³-hybridized carbons (Fsp3) is 0.435. The van der Waals surface area contributed by atoms with Crippen LogP contribution in [-0.4, -0.2) is 48.4 Å². The number of hydrogen-bond donors (Lipinski definition) is 0. The lowest BCUT2D eigenvalue weighted by Crippen LogP contribution is -2.44. The first-order valence-corrected chi connectivity index (χ1v) is 12.2. The summed E-state index contributed by atoms with van der Waals surface area (Å²) in [6, 6.07) is 13.2. The molecule has 0 radical (unpaired) electrons. The maximum absolute atomic E-state index is 13.3. The molecule has 0 bridgehead atoms. The monoisotopic (exact) mass is 441 g/mol. The van der Waals surface area contributed by atoms with E-state index in [1.165, 1.54) is 21.8 Å². The maximum atomic E-state index is 13.3. The van der Waals surface area contributed by atoms with E-state index in [4.69, 9.17) is 4.42 Å². The van der Waals surface area contributed by atoms with Crippen LogP contribution in [0.3, 0.4) is 0 Å². The van der Waals surface area contributed by atoms with Crippen LogP contribution >= 0.6 is 0 Å². The molecule has 2 aromatic carbocycles. The number of nitrogens with zero attached hydrogens (tertiary/aromatic N) is 3. The maximum Gasteiger partial charge on any atom is 0.419 e. The van der Waals surface area contributed by atoms with E-state index in [1.54, 1.807) is 23.5 Å². The Labute approximate surface area is 181 Å². The fourth-order valence-electron chi connectivity index (χ4n) is 4.89. The standard InChI is InChI=1S/C23H27N3O4S/c1-24-21-9-8-20(13-22(21)30-23(24)27)31(28,29)26-11-4-5-17(15-26)14-25-12-10-18-6-2-3-7-19(18)16-25/h2-3,6-9,13,17H,4-5,10-12,14-16H2,1H3. The lowest BCUT2D eigenvalue weighted by atomic mass is 9.95. The van der Waals surface area contributed by atoms with Crippen LogP contribution < -0.4 is 5.76 Å². The lowest BCUT2D eigenvalue weighted by molar-refractivity contribution is 0.167. The molecular formula is C23H27N3O4S. The molecule has 31 heavy (non-hydrogen) atoms. The van der Waals surface area contributed by atoms with Crippen LogP contribution in [-0.2, 0) is 30.0 Å². The number of aromatic nitrogens is 1. The van der Waals surface area contributed by atoms with Gasteiger partial charge in [-0.15, -0.1) is 0 Å². The number of sulfonamides is 1. The SMILES string of the molecule is Cn1c(=O)oc2cc(S(=O)(=O)N3CCCC(CN4CCc5ccccc5C4)C3)ccc21. The molecule has 3 heterocycles. The first-order chi connectivity index (χ1) is 14.9. The molecule has 164 valence electrons. The molecule has 0 N–H and O–H groups in total. The minimum atomic E-state index is -3.64. The Morgan fingerprint density at radius 2 is 1.90 bits per heavy atom. The Morgan fingerprint density at radius 3 is 2.74 bits per heavy atom. The Morgan fingerprint density at radius 1 is 1.10 bits per heavy atom. The van der Waals surface area contributed by atoms with E-state index in [0.717, 1.165) is 38.9 Å². The van der Waals surface area contributed by atoms with Crippen LogP contribution in [0.2, 0.25) is 0 Å². The topological polar surface area (TPSA) is 75.8 Å². The second-order valence-corrected chi connectivity index (χ2v) is 10.6. The molecule has 1 atom stereocenters. The highest BCUT2D eigenvalue weighted by atomic mass is 32.2. The van der Waals surface area contributed by atoms with Gasteiger partial charge >= 0.3 is 5.76 Å². The van der Waals surface area contributed by atoms with Gasteiger partial charge in [0.15, 0.2) is 5.58 Å². The first-order valence-electron chi connectivity index (χ1n) is 10.8. The number of aryl methyl sites for hydroxylation is 1. The van der Waals surface area contributed by atoms with E-state index < -0.39 is 15.8 Å². The molecule has 0 amide bonds. The quantitative estimate of drug-likeness (QED) is 0.622. The minimum Gasteiger partial charge on any atom is -0.408 e. The third-order valence-electron chi connectivity index (χ3n) is 6.61. The van der Waals surface area contributed by atoms with Crippen molar-refractivity contribution >= 4 is 21.1 Å². The number of piperidine rings is 1. The van der Waals surface area contributed by atoms with E-state index in [-0.39, 0.29) is 4.90 Å². The molecule has 0 aliphatic carbocycles. The fourth-order valence-corrected chi connectivity index (χ4v) is 6.46. The summed E-state index contributed by atoms with van der Waals surface area (Å²) < 4.78 is 34.8. The van der Waals surface area contributed by atoms with Gasteiger partial charge in [0, 0.05) is 45.8 Å². The van der Waals surface area contributed by atoms with E-state index in [1.807, 2.05) is 0 Å². The van der Waals surface area contributed by atoms with Crippen LogP contribution in [0.1, 0.15) is 24.0 Å². The normalized spacial score (nSPS) is 20.7. The third-order valence-corrected chi connectivity index (χ3v) is 8.47. The van der Waals surface area contributed by atoms with Crippen molar-refractivity contribution in [3.8, 4) is 0 Å². The molecule has 2 aliphatic heterocycles. The average molecular weight is 442 g/mol. The molecule has 1 saturated heterocycles. The molecule has 0 saturated carbocycles. The smallest absolute Gasteiger partial charge is 0.408 e. The lowest BCUT2D eigenvalue weighted by Gasteiger charge is -2.36. The van der Waals surface area contributed by atoms with Gasteiger partial charge in [0.05, 0.1) is 10.4 Å². The van der Waals surface area contributed by atoms with Gasteiger partial charge in [0.1, 0.15) is 0 Å². The summed E-state index contributed by atoms with van der Waals surface area (Å²) in [5.41, 5.74) is 3.70. The molecule has 1 unspecified atom stereocenters. The highest BCUT2D eigenvalue weighted by Gasteiger charge is 2.32. The van der Waals surface area contributed by atoms with Crippen molar-refractivity contribution in [2.24, 2.45) is 13.0 Å². The number of benzene rings is 2. The first kappa shape index (κ1) is 20.5. The predicted molar refractivity (Wildman–Crippen MR) is 118 cm³/mol. The van der Waals surface area contributed by atoms with Gasteiger partial charge in [0.25, 0.3) is 0 Å². The molecule has 7 nitrogen and oxygen atoms in total. The zero-order chi connectivity index (χ0) is 21.6. The number of rotatable bonds is 4. The summed E-state index contributed by atoms with van der Waals surface area (Å²) in [6.45, 7) is 3.91. The molecule has 1 fully saturated rings. The highest BCUT2D eigenvalue weighted by molar-refractivity contribution is 7.89.